The summed E-state index contributed by atoms with van der Waals surface area (Å²) in [5.74, 6) is 1.86. The molecule has 0 radical (unpaired) electrons. The highest BCUT2D eigenvalue weighted by molar-refractivity contribution is 5.01. The van der Waals surface area contributed by atoms with Gasteiger partial charge >= 0.3 is 0 Å². The van der Waals surface area contributed by atoms with Gasteiger partial charge in [-0.25, -0.2) is 0 Å². The Bertz CT molecular complexity index is 279. The molecule has 2 saturated carbocycles. The Morgan fingerprint density at radius 2 is 2.00 bits per heavy atom. The Kier molecular flexibility index (Phi) is 2.99. The molecule has 0 aromatic rings. The van der Waals surface area contributed by atoms with E-state index >= 15 is 0 Å². The normalized spacial score (nSPS) is 37.4. The van der Waals surface area contributed by atoms with Gasteiger partial charge in [0, 0.05) is 31.7 Å². The molecule has 0 aromatic carbocycles. The molecule has 2 unspecified atom stereocenters. The van der Waals surface area contributed by atoms with Gasteiger partial charge in [0.25, 0.3) is 0 Å². The maximum absolute atomic E-state index is 3.75. The van der Waals surface area contributed by atoms with E-state index in [9.17, 15) is 0 Å². The van der Waals surface area contributed by atoms with Gasteiger partial charge in [0.1, 0.15) is 0 Å². The highest BCUT2D eigenvalue weighted by atomic mass is 15.2. The zero-order valence-corrected chi connectivity index (χ0v) is 11.7. The van der Waals surface area contributed by atoms with E-state index < -0.39 is 0 Å². The minimum absolute atomic E-state index is 0.680. The van der Waals surface area contributed by atoms with Crippen LogP contribution in [0, 0.1) is 17.3 Å². The van der Waals surface area contributed by atoms with Crippen molar-refractivity contribution in [2.24, 2.45) is 17.3 Å². The van der Waals surface area contributed by atoms with Crippen LogP contribution in [0.3, 0.4) is 0 Å². The summed E-state index contributed by atoms with van der Waals surface area (Å²) in [6, 6.07) is 1.54. The van der Waals surface area contributed by atoms with Crippen molar-refractivity contribution in [2.45, 2.75) is 58.5 Å². The van der Waals surface area contributed by atoms with E-state index in [1.807, 2.05) is 0 Å². The number of piperazine rings is 1. The van der Waals surface area contributed by atoms with Crippen molar-refractivity contribution < 1.29 is 0 Å². The Labute approximate surface area is 106 Å². The van der Waals surface area contributed by atoms with Gasteiger partial charge in [0.15, 0.2) is 0 Å². The molecule has 3 aliphatic rings. The van der Waals surface area contributed by atoms with E-state index in [1.54, 1.807) is 0 Å². The Balaban J connectivity index is 1.60. The molecular weight excluding hydrogens is 208 g/mol. The van der Waals surface area contributed by atoms with Gasteiger partial charge in [-0.15, -0.1) is 0 Å². The zero-order valence-electron chi connectivity index (χ0n) is 11.7. The standard InChI is InChI=1S/C15H28N2/c1-11(2)15(6-7-15)10-17-9-14(13-4-5-13)16-8-12(17)3/h11-14,16H,4-10H2,1-3H3. The molecule has 0 spiro atoms. The van der Waals surface area contributed by atoms with Gasteiger partial charge in [-0.3, -0.25) is 4.90 Å². The van der Waals surface area contributed by atoms with Crippen LogP contribution in [-0.2, 0) is 0 Å². The second-order valence-corrected chi connectivity index (χ2v) is 7.15. The third-order valence-corrected chi connectivity index (χ3v) is 5.56. The molecule has 98 valence electrons. The molecule has 1 heterocycles. The molecule has 3 rings (SSSR count). The van der Waals surface area contributed by atoms with Crippen molar-refractivity contribution in [3.05, 3.63) is 0 Å². The van der Waals surface area contributed by atoms with E-state index in [2.05, 4.69) is 31.0 Å². The van der Waals surface area contributed by atoms with Gasteiger partial charge in [0.2, 0.25) is 0 Å². The molecule has 2 nitrogen and oxygen atoms in total. The molecule has 1 saturated heterocycles. The van der Waals surface area contributed by atoms with Crippen LogP contribution < -0.4 is 5.32 Å². The Morgan fingerprint density at radius 1 is 1.29 bits per heavy atom. The molecule has 0 aromatic heterocycles. The lowest BCUT2D eigenvalue weighted by molar-refractivity contribution is 0.0933. The highest BCUT2D eigenvalue weighted by Gasteiger charge is 2.48. The van der Waals surface area contributed by atoms with Crippen LogP contribution in [-0.4, -0.2) is 36.6 Å². The molecule has 2 heteroatoms. The van der Waals surface area contributed by atoms with Crippen LogP contribution in [0.25, 0.3) is 0 Å². The van der Waals surface area contributed by atoms with Gasteiger partial charge in [-0.1, -0.05) is 13.8 Å². The Morgan fingerprint density at radius 3 is 2.53 bits per heavy atom. The SMILES string of the molecule is CC1CNC(C2CC2)CN1CC1(C(C)C)CC1. The summed E-state index contributed by atoms with van der Waals surface area (Å²) in [5.41, 5.74) is 0.680. The first kappa shape index (κ1) is 12.0. The monoisotopic (exact) mass is 236 g/mol. The van der Waals surface area contributed by atoms with Crippen molar-refractivity contribution in [2.75, 3.05) is 19.6 Å². The fourth-order valence-corrected chi connectivity index (χ4v) is 3.47. The van der Waals surface area contributed by atoms with E-state index in [4.69, 9.17) is 0 Å². The quantitative estimate of drug-likeness (QED) is 0.807. The molecule has 3 fully saturated rings. The average Bonchev–Trinajstić information content (AvgIpc) is 3.14. The molecule has 2 atom stereocenters. The topological polar surface area (TPSA) is 15.3 Å². The number of hydrogen-bond donors (Lipinski definition) is 1. The molecule has 1 aliphatic heterocycles. The summed E-state index contributed by atoms with van der Waals surface area (Å²) in [4.78, 5) is 2.78. The Hall–Kier alpha value is -0.0800. The summed E-state index contributed by atoms with van der Waals surface area (Å²) < 4.78 is 0. The number of nitrogens with one attached hydrogen (secondary N) is 1. The van der Waals surface area contributed by atoms with Gasteiger partial charge < -0.3 is 5.32 Å². The van der Waals surface area contributed by atoms with Gasteiger partial charge in [0.05, 0.1) is 0 Å². The van der Waals surface area contributed by atoms with Crippen LogP contribution in [0.15, 0.2) is 0 Å². The van der Waals surface area contributed by atoms with Gasteiger partial charge in [-0.2, -0.15) is 0 Å². The van der Waals surface area contributed by atoms with Crippen LogP contribution in [0.4, 0.5) is 0 Å². The van der Waals surface area contributed by atoms with E-state index in [-0.39, 0.29) is 0 Å². The van der Waals surface area contributed by atoms with Gasteiger partial charge in [-0.05, 0) is 49.9 Å². The van der Waals surface area contributed by atoms with Crippen molar-refractivity contribution in [3.63, 3.8) is 0 Å². The average molecular weight is 236 g/mol. The predicted molar refractivity (Wildman–Crippen MR) is 72.1 cm³/mol. The maximum atomic E-state index is 3.75. The second-order valence-electron chi connectivity index (χ2n) is 7.15. The third-order valence-electron chi connectivity index (χ3n) is 5.56. The summed E-state index contributed by atoms with van der Waals surface area (Å²) >= 11 is 0. The van der Waals surface area contributed by atoms with Crippen LogP contribution >= 0.6 is 0 Å². The highest BCUT2D eigenvalue weighted by Crippen LogP contribution is 2.52. The van der Waals surface area contributed by atoms with E-state index in [1.165, 1.54) is 45.3 Å². The lowest BCUT2D eigenvalue weighted by Crippen LogP contribution is -2.57. The minimum Gasteiger partial charge on any atom is -0.311 e. The predicted octanol–water partition coefficient (Wildman–Crippen LogP) is 2.49. The zero-order chi connectivity index (χ0) is 12.0. The first-order valence-electron chi connectivity index (χ1n) is 7.58. The van der Waals surface area contributed by atoms with Crippen LogP contribution in [0.1, 0.15) is 46.5 Å². The summed E-state index contributed by atoms with van der Waals surface area (Å²) in [7, 11) is 0. The molecule has 0 bridgehead atoms. The number of rotatable bonds is 4. The minimum atomic E-state index is 0.680. The van der Waals surface area contributed by atoms with Crippen LogP contribution in [0.5, 0.6) is 0 Å². The molecule has 0 amide bonds. The maximum Gasteiger partial charge on any atom is 0.0224 e. The molecule has 1 N–H and O–H groups in total. The van der Waals surface area contributed by atoms with Crippen molar-refractivity contribution in [3.8, 4) is 0 Å². The smallest absolute Gasteiger partial charge is 0.0224 e. The van der Waals surface area contributed by atoms with E-state index in [0.717, 1.165) is 23.9 Å². The molecular formula is C15H28N2. The summed E-state index contributed by atoms with van der Waals surface area (Å²) in [6.45, 7) is 11.1. The third kappa shape index (κ3) is 2.39. The molecule has 17 heavy (non-hydrogen) atoms. The summed E-state index contributed by atoms with van der Waals surface area (Å²) in [6.07, 6.45) is 5.87. The number of hydrogen-bond acceptors (Lipinski definition) is 2. The van der Waals surface area contributed by atoms with E-state index in [0.29, 0.717) is 5.41 Å². The lowest BCUT2D eigenvalue weighted by atomic mass is 9.90. The first-order chi connectivity index (χ1) is 8.11. The number of nitrogens with zero attached hydrogens (tertiary/aromatic N) is 1. The second kappa shape index (κ2) is 4.24. The fourth-order valence-electron chi connectivity index (χ4n) is 3.47. The van der Waals surface area contributed by atoms with Crippen molar-refractivity contribution in [1.82, 2.24) is 10.2 Å². The fraction of sp³-hybridized carbons (Fsp3) is 1.00. The largest absolute Gasteiger partial charge is 0.311 e. The van der Waals surface area contributed by atoms with Crippen LogP contribution in [0.2, 0.25) is 0 Å². The first-order valence-corrected chi connectivity index (χ1v) is 7.58. The van der Waals surface area contributed by atoms with Crippen molar-refractivity contribution in [1.29, 1.82) is 0 Å². The lowest BCUT2D eigenvalue weighted by Gasteiger charge is -2.41. The van der Waals surface area contributed by atoms with Crippen molar-refractivity contribution >= 4 is 0 Å². The summed E-state index contributed by atoms with van der Waals surface area (Å²) in [5, 5.41) is 3.75. The molecule has 2 aliphatic carbocycles.